The molecule has 0 bridgehead atoms. The van der Waals surface area contributed by atoms with Crippen molar-refractivity contribution >= 4 is 27.3 Å². The average molecular weight is 398 g/mol. The number of carbonyl (C=O) groups is 2. The van der Waals surface area contributed by atoms with E-state index in [1.54, 1.807) is 60.7 Å². The van der Waals surface area contributed by atoms with E-state index in [0.29, 0.717) is 11.1 Å². The smallest absolute Gasteiger partial charge is 0.311 e. The number of amides is 1. The molecule has 142 valence electrons. The predicted molar refractivity (Wildman–Crippen MR) is 98.6 cm³/mol. The minimum absolute atomic E-state index is 0.0330. The van der Waals surface area contributed by atoms with Crippen LogP contribution in [0.5, 0.6) is 0 Å². The van der Waals surface area contributed by atoms with E-state index in [-0.39, 0.29) is 10.7 Å². The molecule has 0 N–H and O–H groups in total. The van der Waals surface area contributed by atoms with Crippen molar-refractivity contribution < 1.29 is 22.8 Å². The SMILES string of the molecule is O=NN1OC(=O)C2(C1=O)C(c1ccccc1)=CS(=O)(=O)CC2c1ccccc1. The Bertz CT molecular complexity index is 1100. The molecule has 0 saturated carbocycles. The minimum atomic E-state index is -3.76. The summed E-state index contributed by atoms with van der Waals surface area (Å²) in [7, 11) is -3.76. The molecular weight excluding hydrogens is 384 g/mol. The third-order valence-electron chi connectivity index (χ3n) is 5.01. The molecule has 2 aromatic rings. The predicted octanol–water partition coefficient (Wildman–Crippen LogP) is 2.21. The van der Waals surface area contributed by atoms with Gasteiger partial charge in [-0.1, -0.05) is 60.7 Å². The lowest BCUT2D eigenvalue weighted by atomic mass is 9.66. The molecule has 0 aromatic heterocycles. The zero-order chi connectivity index (χ0) is 19.9. The van der Waals surface area contributed by atoms with Crippen LogP contribution in [0.1, 0.15) is 17.0 Å². The van der Waals surface area contributed by atoms with Gasteiger partial charge in [-0.3, -0.25) is 4.79 Å². The lowest BCUT2D eigenvalue weighted by Gasteiger charge is -2.36. The molecule has 2 unspecified atom stereocenters. The number of sulfone groups is 1. The van der Waals surface area contributed by atoms with Gasteiger partial charge in [-0.05, 0) is 21.9 Å². The van der Waals surface area contributed by atoms with Crippen LogP contribution in [0.25, 0.3) is 5.57 Å². The first-order valence-electron chi connectivity index (χ1n) is 8.35. The molecule has 9 heteroatoms. The van der Waals surface area contributed by atoms with Crippen molar-refractivity contribution in [3.63, 3.8) is 0 Å². The first kappa shape index (κ1) is 18.1. The fraction of sp³-hybridized carbons (Fsp3) is 0.158. The number of hydrogen-bond acceptors (Lipinski definition) is 7. The van der Waals surface area contributed by atoms with Crippen LogP contribution in [0.15, 0.2) is 71.4 Å². The van der Waals surface area contributed by atoms with E-state index in [1.807, 2.05) is 0 Å². The van der Waals surface area contributed by atoms with Gasteiger partial charge in [0, 0.05) is 11.3 Å². The highest BCUT2D eigenvalue weighted by atomic mass is 32.2. The average Bonchev–Trinajstić information content (AvgIpc) is 2.96. The lowest BCUT2D eigenvalue weighted by Crippen LogP contribution is -2.47. The lowest BCUT2D eigenvalue weighted by molar-refractivity contribution is -0.178. The van der Waals surface area contributed by atoms with Crippen LogP contribution in [0.2, 0.25) is 0 Å². The van der Waals surface area contributed by atoms with Crippen molar-refractivity contribution in [3.05, 3.63) is 82.1 Å². The van der Waals surface area contributed by atoms with E-state index < -0.39 is 38.8 Å². The third kappa shape index (κ3) is 2.55. The van der Waals surface area contributed by atoms with Gasteiger partial charge in [0.1, 0.15) is 0 Å². The maximum absolute atomic E-state index is 13.2. The second kappa shape index (κ2) is 6.38. The molecule has 1 saturated heterocycles. The van der Waals surface area contributed by atoms with E-state index in [4.69, 9.17) is 4.84 Å². The zero-order valence-corrected chi connectivity index (χ0v) is 15.2. The second-order valence-electron chi connectivity index (χ2n) is 6.54. The maximum Gasteiger partial charge on any atom is 0.356 e. The van der Waals surface area contributed by atoms with Crippen LogP contribution in [0.3, 0.4) is 0 Å². The van der Waals surface area contributed by atoms with Gasteiger partial charge < -0.3 is 4.84 Å². The van der Waals surface area contributed by atoms with Crippen LogP contribution in [-0.2, 0) is 24.3 Å². The molecule has 1 amide bonds. The highest BCUT2D eigenvalue weighted by molar-refractivity contribution is 7.94. The van der Waals surface area contributed by atoms with Crippen molar-refractivity contribution in [1.29, 1.82) is 0 Å². The van der Waals surface area contributed by atoms with Gasteiger partial charge in [0.05, 0.1) is 11.0 Å². The van der Waals surface area contributed by atoms with Gasteiger partial charge in [-0.2, -0.15) is 0 Å². The molecule has 2 heterocycles. The summed E-state index contributed by atoms with van der Waals surface area (Å²) in [6.45, 7) is 0. The topological polar surface area (TPSA) is 110 Å². The molecular formula is C19H14N2O6S. The van der Waals surface area contributed by atoms with Crippen LogP contribution < -0.4 is 0 Å². The molecule has 1 fully saturated rings. The van der Waals surface area contributed by atoms with Gasteiger partial charge in [0.25, 0.3) is 0 Å². The summed E-state index contributed by atoms with van der Waals surface area (Å²) in [6, 6.07) is 16.6. The molecule has 2 atom stereocenters. The van der Waals surface area contributed by atoms with Crippen LogP contribution in [0.4, 0.5) is 0 Å². The fourth-order valence-electron chi connectivity index (χ4n) is 3.81. The van der Waals surface area contributed by atoms with Crippen molar-refractivity contribution in [3.8, 4) is 0 Å². The number of rotatable bonds is 3. The van der Waals surface area contributed by atoms with Gasteiger partial charge >= 0.3 is 11.9 Å². The summed E-state index contributed by atoms with van der Waals surface area (Å²) in [5.74, 6) is -3.60. The Balaban J connectivity index is 2.06. The number of nitroso groups, excluding NO2 is 1. The quantitative estimate of drug-likeness (QED) is 0.579. The third-order valence-corrected chi connectivity index (χ3v) is 6.40. The molecule has 28 heavy (non-hydrogen) atoms. The number of hydroxylamine groups is 1. The van der Waals surface area contributed by atoms with Gasteiger partial charge in [0.2, 0.25) is 0 Å². The van der Waals surface area contributed by atoms with Crippen LogP contribution in [-0.4, -0.2) is 31.2 Å². The number of hydrogen-bond donors (Lipinski definition) is 0. The second-order valence-corrected chi connectivity index (χ2v) is 8.43. The van der Waals surface area contributed by atoms with E-state index in [9.17, 15) is 22.9 Å². The Morgan fingerprint density at radius 2 is 1.61 bits per heavy atom. The van der Waals surface area contributed by atoms with E-state index in [2.05, 4.69) is 5.29 Å². The Morgan fingerprint density at radius 1 is 1.00 bits per heavy atom. The van der Waals surface area contributed by atoms with Crippen LogP contribution >= 0.6 is 0 Å². The van der Waals surface area contributed by atoms with Gasteiger partial charge in [-0.15, -0.1) is 4.91 Å². The Kier molecular flexibility index (Phi) is 4.11. The first-order chi connectivity index (χ1) is 13.4. The van der Waals surface area contributed by atoms with E-state index >= 15 is 0 Å². The highest BCUT2D eigenvalue weighted by Crippen LogP contribution is 2.55. The van der Waals surface area contributed by atoms with Gasteiger partial charge in [0.15, 0.2) is 15.3 Å². The molecule has 2 aliphatic rings. The minimum Gasteiger partial charge on any atom is -0.311 e. The molecule has 1 spiro atoms. The summed E-state index contributed by atoms with van der Waals surface area (Å²) in [5.41, 5.74) is -1.23. The van der Waals surface area contributed by atoms with Crippen molar-refractivity contribution in [2.75, 3.05) is 5.75 Å². The monoisotopic (exact) mass is 398 g/mol. The molecule has 4 rings (SSSR count). The summed E-state index contributed by atoms with van der Waals surface area (Å²) in [5, 5.41) is 3.49. The van der Waals surface area contributed by atoms with Gasteiger partial charge in [-0.25, -0.2) is 13.2 Å². The van der Waals surface area contributed by atoms with Crippen molar-refractivity contribution in [2.24, 2.45) is 10.7 Å². The zero-order valence-electron chi connectivity index (χ0n) is 14.4. The molecule has 0 aliphatic carbocycles. The maximum atomic E-state index is 13.2. The summed E-state index contributed by atoms with van der Waals surface area (Å²) < 4.78 is 25.4. The standard InChI is InChI=1S/C19H14N2O6S/c22-17-19(18(23)27-21(17)20-24)15(13-7-3-1-4-8-13)11-28(25,26)12-16(19)14-9-5-2-6-10-14/h1-11,16H,12H2. The Hall–Kier alpha value is -3.33. The Morgan fingerprint density at radius 3 is 2.18 bits per heavy atom. The summed E-state index contributed by atoms with van der Waals surface area (Å²) in [4.78, 5) is 42.0. The fourth-order valence-corrected chi connectivity index (χ4v) is 5.50. The van der Waals surface area contributed by atoms with Crippen LogP contribution in [0, 0.1) is 10.3 Å². The summed E-state index contributed by atoms with van der Waals surface area (Å²) >= 11 is 0. The largest absolute Gasteiger partial charge is 0.356 e. The van der Waals surface area contributed by atoms with E-state index in [0.717, 1.165) is 5.41 Å². The number of nitrogens with zero attached hydrogens (tertiary/aromatic N) is 2. The Labute approximate surface area is 160 Å². The van der Waals surface area contributed by atoms with E-state index in [1.165, 1.54) is 0 Å². The normalized spacial score (nSPS) is 26.1. The van der Waals surface area contributed by atoms with Crippen molar-refractivity contribution in [1.82, 2.24) is 5.17 Å². The summed E-state index contributed by atoms with van der Waals surface area (Å²) in [6.07, 6.45) is 0. The molecule has 0 radical (unpaired) electrons. The molecule has 2 aromatic carbocycles. The number of carbonyl (C=O) groups excluding carboxylic acids is 2. The molecule has 8 nitrogen and oxygen atoms in total. The number of benzene rings is 2. The van der Waals surface area contributed by atoms with Crippen molar-refractivity contribution in [2.45, 2.75) is 5.92 Å². The first-order valence-corrected chi connectivity index (χ1v) is 10.1. The molecule has 2 aliphatic heterocycles. The highest BCUT2D eigenvalue weighted by Gasteiger charge is 2.67.